The van der Waals surface area contributed by atoms with Crippen LogP contribution in [0.2, 0.25) is 5.02 Å². The van der Waals surface area contributed by atoms with Gasteiger partial charge in [0.25, 0.3) is 5.91 Å². The lowest BCUT2D eigenvalue weighted by Gasteiger charge is -2.35. The Morgan fingerprint density at radius 2 is 1.64 bits per heavy atom. The molecule has 3 aromatic rings. The second kappa shape index (κ2) is 15.8. The van der Waals surface area contributed by atoms with E-state index in [0.717, 1.165) is 35.1 Å². The lowest BCUT2D eigenvalue weighted by atomic mass is 9.95. The monoisotopic (exact) mass is 635 g/mol. The highest BCUT2D eigenvalue weighted by molar-refractivity contribution is 6.34. The number of anilines is 1. The third-order valence-electron chi connectivity index (χ3n) is 7.40. The van der Waals surface area contributed by atoms with Crippen LogP contribution in [0.4, 0.5) is 10.5 Å². The first-order valence-corrected chi connectivity index (χ1v) is 15.8. The van der Waals surface area contributed by atoms with Crippen LogP contribution in [0.3, 0.4) is 0 Å². The molecule has 0 saturated heterocycles. The summed E-state index contributed by atoms with van der Waals surface area (Å²) >= 11 is 6.51. The average Bonchev–Trinajstić information content (AvgIpc) is 2.95. The van der Waals surface area contributed by atoms with Crippen molar-refractivity contribution in [1.82, 2.24) is 10.2 Å². The summed E-state index contributed by atoms with van der Waals surface area (Å²) in [4.78, 5) is 43.7. The molecule has 0 heterocycles. The molecule has 0 saturated carbocycles. The minimum atomic E-state index is -1.06. The maximum atomic E-state index is 14.7. The largest absolute Gasteiger partial charge is 0.508 e. The number of unbranched alkanes of at least 4 members (excludes halogenated alkanes) is 2. The van der Waals surface area contributed by atoms with E-state index in [1.54, 1.807) is 43.9 Å². The molecule has 0 radical (unpaired) electrons. The van der Waals surface area contributed by atoms with Gasteiger partial charge >= 0.3 is 6.09 Å². The summed E-state index contributed by atoms with van der Waals surface area (Å²) in [6, 6.07) is 15.5. The molecule has 0 aliphatic rings. The van der Waals surface area contributed by atoms with Gasteiger partial charge in [0.2, 0.25) is 5.91 Å². The summed E-state index contributed by atoms with van der Waals surface area (Å²) in [6.45, 7) is 13.3. The fourth-order valence-electron chi connectivity index (χ4n) is 5.18. The third kappa shape index (κ3) is 10.2. The van der Waals surface area contributed by atoms with E-state index in [4.69, 9.17) is 16.3 Å². The molecular weight excluding hydrogens is 590 g/mol. The molecule has 3 amide bonds. The zero-order chi connectivity index (χ0) is 33.3. The van der Waals surface area contributed by atoms with Gasteiger partial charge in [-0.1, -0.05) is 79.4 Å². The number of para-hydroxylation sites is 1. The van der Waals surface area contributed by atoms with Crippen molar-refractivity contribution in [1.29, 1.82) is 0 Å². The van der Waals surface area contributed by atoms with Crippen LogP contribution < -0.4 is 10.6 Å². The van der Waals surface area contributed by atoms with E-state index in [2.05, 4.69) is 17.6 Å². The van der Waals surface area contributed by atoms with Crippen molar-refractivity contribution in [3.63, 3.8) is 0 Å². The molecule has 3 rings (SSSR count). The van der Waals surface area contributed by atoms with Crippen LogP contribution in [0.15, 0.2) is 60.7 Å². The summed E-state index contributed by atoms with van der Waals surface area (Å²) in [5.74, 6) is -0.755. The standard InChI is InChI=1S/C36H46ClN3O5/c1-8-9-10-20-40(34(43)30(38-35(44)45-36(5,6)7)22-26-15-17-27(41)18-16-26)32(28-19-14-23(2)21-25(28)4)33(42)39-31-24(3)12-11-13-29(31)37/h11-19,21,30,32,41H,8-10,20,22H2,1-7H3,(H,38,44)(H,39,42). The number of alkyl carbamates (subject to hydrolysis) is 1. The number of halogens is 1. The molecule has 0 fully saturated rings. The first-order chi connectivity index (χ1) is 21.2. The molecule has 0 aromatic heterocycles. The molecule has 3 N–H and O–H groups in total. The van der Waals surface area contributed by atoms with Gasteiger partial charge in [-0.05, 0) is 88.4 Å². The second-order valence-electron chi connectivity index (χ2n) is 12.5. The molecule has 8 nitrogen and oxygen atoms in total. The molecule has 0 aliphatic heterocycles. The number of ether oxygens (including phenoxy) is 1. The van der Waals surface area contributed by atoms with E-state index in [-0.39, 0.29) is 18.7 Å². The Labute approximate surface area is 272 Å². The number of aromatic hydroxyl groups is 1. The predicted octanol–water partition coefficient (Wildman–Crippen LogP) is 7.81. The number of rotatable bonds is 12. The summed E-state index contributed by atoms with van der Waals surface area (Å²) in [7, 11) is 0. The fourth-order valence-corrected chi connectivity index (χ4v) is 5.45. The first-order valence-electron chi connectivity index (χ1n) is 15.4. The van der Waals surface area contributed by atoms with Crippen molar-refractivity contribution in [3.05, 3.63) is 93.5 Å². The van der Waals surface area contributed by atoms with E-state index in [0.29, 0.717) is 22.7 Å². The average molecular weight is 636 g/mol. The molecule has 242 valence electrons. The Bertz CT molecular complexity index is 1460. The van der Waals surface area contributed by atoms with Crippen LogP contribution in [0, 0.1) is 20.8 Å². The molecular formula is C36H46ClN3O5. The van der Waals surface area contributed by atoms with Gasteiger partial charge in [0.1, 0.15) is 23.4 Å². The summed E-state index contributed by atoms with van der Waals surface area (Å²) in [6.07, 6.45) is 1.78. The number of amides is 3. The Balaban J connectivity index is 2.14. The number of nitrogens with zero attached hydrogens (tertiary/aromatic N) is 1. The van der Waals surface area contributed by atoms with Crippen LogP contribution in [-0.2, 0) is 20.7 Å². The molecule has 45 heavy (non-hydrogen) atoms. The number of aryl methyl sites for hydroxylation is 3. The number of phenols is 1. The number of hydrogen-bond acceptors (Lipinski definition) is 5. The van der Waals surface area contributed by atoms with Gasteiger partial charge in [0.15, 0.2) is 0 Å². The van der Waals surface area contributed by atoms with Crippen LogP contribution in [0.25, 0.3) is 0 Å². The Morgan fingerprint density at radius 1 is 0.956 bits per heavy atom. The van der Waals surface area contributed by atoms with E-state index in [1.165, 1.54) is 12.1 Å². The maximum Gasteiger partial charge on any atom is 0.408 e. The summed E-state index contributed by atoms with van der Waals surface area (Å²) in [5.41, 5.74) is 3.75. The number of phenolic OH excluding ortho intramolecular Hbond substituents is 1. The highest BCUT2D eigenvalue weighted by atomic mass is 35.5. The molecule has 2 atom stereocenters. The number of carbonyl (C=O) groups excluding carboxylic acids is 3. The van der Waals surface area contributed by atoms with Gasteiger partial charge in [-0.25, -0.2) is 4.79 Å². The lowest BCUT2D eigenvalue weighted by molar-refractivity contribution is -0.140. The smallest absolute Gasteiger partial charge is 0.408 e. The number of benzene rings is 3. The van der Waals surface area contributed by atoms with Crippen molar-refractivity contribution in [2.75, 3.05) is 11.9 Å². The molecule has 0 aliphatic carbocycles. The van der Waals surface area contributed by atoms with Gasteiger partial charge < -0.3 is 25.4 Å². The van der Waals surface area contributed by atoms with Crippen LogP contribution in [-0.4, -0.2) is 46.1 Å². The number of carbonyl (C=O) groups is 3. The van der Waals surface area contributed by atoms with E-state index in [9.17, 15) is 19.5 Å². The van der Waals surface area contributed by atoms with Crippen molar-refractivity contribution in [2.45, 2.75) is 91.8 Å². The Hall–Kier alpha value is -4.04. The van der Waals surface area contributed by atoms with E-state index in [1.807, 2.05) is 51.1 Å². The third-order valence-corrected chi connectivity index (χ3v) is 7.72. The van der Waals surface area contributed by atoms with Gasteiger partial charge in [-0.15, -0.1) is 0 Å². The summed E-state index contributed by atoms with van der Waals surface area (Å²) < 4.78 is 5.53. The number of nitrogens with one attached hydrogen (secondary N) is 2. The highest BCUT2D eigenvalue weighted by Gasteiger charge is 2.37. The zero-order valence-corrected chi connectivity index (χ0v) is 28.1. The van der Waals surface area contributed by atoms with Gasteiger partial charge in [-0.2, -0.15) is 0 Å². The SMILES string of the molecule is CCCCCN(C(=O)C(Cc1ccc(O)cc1)NC(=O)OC(C)(C)C)C(C(=O)Nc1c(C)cccc1Cl)c1ccc(C)cc1C. The van der Waals surface area contributed by atoms with Crippen LogP contribution >= 0.6 is 11.6 Å². The van der Waals surface area contributed by atoms with Gasteiger partial charge in [0, 0.05) is 13.0 Å². The van der Waals surface area contributed by atoms with Crippen molar-refractivity contribution < 1.29 is 24.2 Å². The highest BCUT2D eigenvalue weighted by Crippen LogP contribution is 2.31. The molecule has 0 spiro atoms. The first kappa shape index (κ1) is 35.4. The minimum Gasteiger partial charge on any atom is -0.508 e. The van der Waals surface area contributed by atoms with Gasteiger partial charge in [-0.3, -0.25) is 9.59 Å². The van der Waals surface area contributed by atoms with Crippen LogP contribution in [0.5, 0.6) is 5.75 Å². The second-order valence-corrected chi connectivity index (χ2v) is 12.9. The van der Waals surface area contributed by atoms with Crippen molar-refractivity contribution in [2.24, 2.45) is 0 Å². The molecule has 3 aromatic carbocycles. The Morgan fingerprint density at radius 3 is 2.24 bits per heavy atom. The minimum absolute atomic E-state index is 0.0874. The quantitative estimate of drug-likeness (QED) is 0.176. The van der Waals surface area contributed by atoms with Crippen molar-refractivity contribution >= 4 is 35.2 Å². The van der Waals surface area contributed by atoms with E-state index < -0.39 is 35.6 Å². The topological polar surface area (TPSA) is 108 Å². The normalized spacial score (nSPS) is 12.6. The van der Waals surface area contributed by atoms with Gasteiger partial charge in [0.05, 0.1) is 10.7 Å². The zero-order valence-electron chi connectivity index (χ0n) is 27.4. The number of hydrogen-bond donors (Lipinski definition) is 3. The maximum absolute atomic E-state index is 14.7. The molecule has 9 heteroatoms. The summed E-state index contributed by atoms with van der Waals surface area (Å²) in [5, 5.41) is 16.0. The molecule has 2 unspecified atom stereocenters. The molecule has 0 bridgehead atoms. The van der Waals surface area contributed by atoms with Crippen LogP contribution in [0.1, 0.15) is 80.8 Å². The predicted molar refractivity (Wildman–Crippen MR) is 180 cm³/mol. The Kier molecular flexibility index (Phi) is 12.4. The lowest BCUT2D eigenvalue weighted by Crippen LogP contribution is -2.53. The van der Waals surface area contributed by atoms with Crippen molar-refractivity contribution in [3.8, 4) is 5.75 Å². The fraction of sp³-hybridized carbons (Fsp3) is 0.417. The van der Waals surface area contributed by atoms with E-state index >= 15 is 0 Å².